The highest BCUT2D eigenvalue weighted by Crippen LogP contribution is 2.30. The smallest absolute Gasteiger partial charge is 0.363 e. The molecule has 0 radical (unpaired) electrons. The molecule has 1 fully saturated rings. The van der Waals surface area contributed by atoms with Gasteiger partial charge in [-0.15, -0.1) is 0 Å². The van der Waals surface area contributed by atoms with Crippen LogP contribution in [0.3, 0.4) is 0 Å². The van der Waals surface area contributed by atoms with Crippen molar-refractivity contribution < 1.29 is 21.6 Å². The van der Waals surface area contributed by atoms with E-state index in [2.05, 4.69) is 15.3 Å². The Bertz CT molecular complexity index is 632. The zero-order valence-corrected chi connectivity index (χ0v) is 13.0. The summed E-state index contributed by atoms with van der Waals surface area (Å²) in [6.07, 6.45) is -3.90. The molecule has 0 bridgehead atoms. The lowest BCUT2D eigenvalue weighted by atomic mass is 10.2. The first-order valence-corrected chi connectivity index (χ1v) is 8.49. The number of anilines is 2. The Kier molecular flexibility index (Phi) is 4.50. The van der Waals surface area contributed by atoms with E-state index in [0.717, 1.165) is 6.07 Å². The van der Waals surface area contributed by atoms with Crippen molar-refractivity contribution in [3.8, 4) is 0 Å². The van der Waals surface area contributed by atoms with Crippen molar-refractivity contribution in [3.05, 3.63) is 11.8 Å². The maximum Gasteiger partial charge on any atom is 0.433 e. The highest BCUT2D eigenvalue weighted by Gasteiger charge is 2.34. The second-order valence-corrected chi connectivity index (χ2v) is 7.70. The van der Waals surface area contributed by atoms with E-state index in [4.69, 9.17) is 0 Å². The Hall–Kier alpha value is -1.58. The molecule has 2 rings (SSSR count). The second kappa shape index (κ2) is 5.90. The van der Waals surface area contributed by atoms with Crippen LogP contribution in [-0.4, -0.2) is 50.0 Å². The fraction of sp³-hybridized carbons (Fsp3) is 0.667. The third kappa shape index (κ3) is 4.21. The number of aromatic nitrogens is 2. The largest absolute Gasteiger partial charge is 0.433 e. The molecule has 0 amide bonds. The SMILES string of the molecule is CN(C)c1cc(C(F)(F)F)nc(NC2CCS(=O)(=O)CC2)n1. The van der Waals surface area contributed by atoms with Crippen LogP contribution < -0.4 is 10.2 Å². The number of hydrogen-bond acceptors (Lipinski definition) is 6. The number of sulfone groups is 1. The monoisotopic (exact) mass is 338 g/mol. The number of nitrogens with zero attached hydrogens (tertiary/aromatic N) is 3. The van der Waals surface area contributed by atoms with E-state index in [1.807, 2.05) is 0 Å². The van der Waals surface area contributed by atoms with E-state index < -0.39 is 21.7 Å². The van der Waals surface area contributed by atoms with Gasteiger partial charge in [-0.05, 0) is 12.8 Å². The molecule has 1 aromatic heterocycles. The van der Waals surface area contributed by atoms with E-state index >= 15 is 0 Å². The van der Waals surface area contributed by atoms with Crippen LogP contribution in [0.1, 0.15) is 18.5 Å². The second-order valence-electron chi connectivity index (χ2n) is 5.40. The maximum absolute atomic E-state index is 12.9. The van der Waals surface area contributed by atoms with Crippen molar-refractivity contribution in [2.75, 3.05) is 35.8 Å². The van der Waals surface area contributed by atoms with Gasteiger partial charge in [-0.2, -0.15) is 18.2 Å². The fourth-order valence-electron chi connectivity index (χ4n) is 2.09. The summed E-state index contributed by atoms with van der Waals surface area (Å²) < 4.78 is 61.4. The Morgan fingerprint density at radius 3 is 2.32 bits per heavy atom. The number of rotatable bonds is 3. The zero-order chi connectivity index (χ0) is 16.5. The number of nitrogens with one attached hydrogen (secondary N) is 1. The molecule has 0 unspecified atom stereocenters. The molecular weight excluding hydrogens is 321 g/mol. The minimum absolute atomic E-state index is 0.0180. The summed E-state index contributed by atoms with van der Waals surface area (Å²) >= 11 is 0. The van der Waals surface area contributed by atoms with Gasteiger partial charge < -0.3 is 10.2 Å². The number of hydrogen-bond donors (Lipinski definition) is 1. The van der Waals surface area contributed by atoms with Crippen LogP contribution in [0.25, 0.3) is 0 Å². The molecular formula is C12H17F3N4O2S. The summed E-state index contributed by atoms with van der Waals surface area (Å²) in [4.78, 5) is 8.98. The van der Waals surface area contributed by atoms with Gasteiger partial charge in [-0.1, -0.05) is 0 Å². The molecule has 1 aromatic rings. The normalized spacial score (nSPS) is 19.0. The third-order valence-corrected chi connectivity index (χ3v) is 5.06. The van der Waals surface area contributed by atoms with Crippen molar-refractivity contribution in [3.63, 3.8) is 0 Å². The first-order chi connectivity index (χ1) is 10.1. The predicted octanol–water partition coefficient (Wildman–Crippen LogP) is 1.55. The highest BCUT2D eigenvalue weighted by atomic mass is 32.2. The maximum atomic E-state index is 12.9. The summed E-state index contributed by atoms with van der Waals surface area (Å²) in [5, 5.41) is 2.81. The molecule has 22 heavy (non-hydrogen) atoms. The van der Waals surface area contributed by atoms with Crippen LogP contribution in [0, 0.1) is 0 Å². The van der Waals surface area contributed by atoms with Gasteiger partial charge in [0.05, 0.1) is 11.5 Å². The molecule has 0 aliphatic carbocycles. The number of alkyl halides is 3. The minimum Gasteiger partial charge on any atom is -0.363 e. The van der Waals surface area contributed by atoms with E-state index in [0.29, 0.717) is 12.8 Å². The molecule has 10 heteroatoms. The standard InChI is InChI=1S/C12H17F3N4O2S/c1-19(2)10-7-9(12(13,14)15)17-11(18-10)16-8-3-5-22(20,21)6-4-8/h7-8H,3-6H2,1-2H3,(H,16,17,18). The Balaban J connectivity index is 2.21. The number of halogens is 3. The lowest BCUT2D eigenvalue weighted by molar-refractivity contribution is -0.141. The van der Waals surface area contributed by atoms with Crippen molar-refractivity contribution in [1.82, 2.24) is 9.97 Å². The summed E-state index contributed by atoms with van der Waals surface area (Å²) in [5.41, 5.74) is -1.03. The average molecular weight is 338 g/mol. The van der Waals surface area contributed by atoms with Gasteiger partial charge in [0.25, 0.3) is 0 Å². The molecule has 6 nitrogen and oxygen atoms in total. The molecule has 1 saturated heterocycles. The molecule has 0 atom stereocenters. The molecule has 1 aliphatic rings. The van der Waals surface area contributed by atoms with E-state index in [-0.39, 0.29) is 29.3 Å². The van der Waals surface area contributed by atoms with Gasteiger partial charge in [0.15, 0.2) is 5.69 Å². The molecule has 1 aliphatic heterocycles. The molecule has 0 aromatic carbocycles. The van der Waals surface area contributed by atoms with E-state index in [9.17, 15) is 21.6 Å². The Morgan fingerprint density at radius 2 is 1.82 bits per heavy atom. The quantitative estimate of drug-likeness (QED) is 0.901. The summed E-state index contributed by atoms with van der Waals surface area (Å²) in [6, 6.07) is 0.623. The van der Waals surface area contributed by atoms with Crippen LogP contribution in [0.15, 0.2) is 6.07 Å². The van der Waals surface area contributed by atoms with Crippen molar-refractivity contribution in [1.29, 1.82) is 0 Å². The van der Waals surface area contributed by atoms with Gasteiger partial charge in [-0.25, -0.2) is 13.4 Å². The topological polar surface area (TPSA) is 75.2 Å². The summed E-state index contributed by atoms with van der Waals surface area (Å²) in [7, 11) is 0.136. The first kappa shape index (κ1) is 16.8. The van der Waals surface area contributed by atoms with Gasteiger partial charge >= 0.3 is 6.18 Å². The van der Waals surface area contributed by atoms with E-state index in [1.54, 1.807) is 14.1 Å². The minimum atomic E-state index is -4.57. The van der Waals surface area contributed by atoms with E-state index in [1.165, 1.54) is 4.90 Å². The Morgan fingerprint density at radius 1 is 1.23 bits per heavy atom. The van der Waals surface area contributed by atoms with Crippen molar-refractivity contribution in [2.45, 2.75) is 25.1 Å². The molecule has 1 N–H and O–H groups in total. The van der Waals surface area contributed by atoms with Crippen LogP contribution in [-0.2, 0) is 16.0 Å². The van der Waals surface area contributed by atoms with Crippen LogP contribution in [0.4, 0.5) is 24.9 Å². The van der Waals surface area contributed by atoms with Gasteiger partial charge in [0.2, 0.25) is 5.95 Å². The highest BCUT2D eigenvalue weighted by molar-refractivity contribution is 7.91. The molecule has 0 saturated carbocycles. The molecule has 2 heterocycles. The molecule has 0 spiro atoms. The van der Waals surface area contributed by atoms with Crippen LogP contribution in [0.5, 0.6) is 0 Å². The third-order valence-electron chi connectivity index (χ3n) is 3.35. The zero-order valence-electron chi connectivity index (χ0n) is 12.2. The lowest BCUT2D eigenvalue weighted by Gasteiger charge is -2.24. The van der Waals surface area contributed by atoms with Crippen LogP contribution >= 0.6 is 0 Å². The molecule has 124 valence electrons. The van der Waals surface area contributed by atoms with Gasteiger partial charge in [-0.3, -0.25) is 0 Å². The summed E-state index contributed by atoms with van der Waals surface area (Å²) in [5.74, 6) is 0.0324. The Labute approximate surface area is 126 Å². The summed E-state index contributed by atoms with van der Waals surface area (Å²) in [6.45, 7) is 0. The average Bonchev–Trinajstić information content (AvgIpc) is 2.40. The van der Waals surface area contributed by atoms with Crippen LogP contribution in [0.2, 0.25) is 0 Å². The van der Waals surface area contributed by atoms with Crippen molar-refractivity contribution in [2.24, 2.45) is 0 Å². The van der Waals surface area contributed by atoms with Gasteiger partial charge in [0, 0.05) is 26.2 Å². The predicted molar refractivity (Wildman–Crippen MR) is 76.7 cm³/mol. The first-order valence-electron chi connectivity index (χ1n) is 6.67. The lowest BCUT2D eigenvalue weighted by Crippen LogP contribution is -2.33. The van der Waals surface area contributed by atoms with Crippen molar-refractivity contribution >= 4 is 21.6 Å². The fourth-order valence-corrected chi connectivity index (χ4v) is 3.58. The van der Waals surface area contributed by atoms with Gasteiger partial charge in [0.1, 0.15) is 15.7 Å².